The summed E-state index contributed by atoms with van der Waals surface area (Å²) in [6.45, 7) is 3.96. The molecule has 0 aliphatic heterocycles. The van der Waals surface area contributed by atoms with E-state index in [4.69, 9.17) is 0 Å². The third-order valence-corrected chi connectivity index (χ3v) is 4.99. The molecule has 0 saturated carbocycles. The second-order valence-electron chi connectivity index (χ2n) is 7.19. The zero-order chi connectivity index (χ0) is 20.2. The molecule has 0 aliphatic rings. The lowest BCUT2D eigenvalue weighted by atomic mass is 10.0. The number of hydrogen-bond donors (Lipinski definition) is 2. The van der Waals surface area contributed by atoms with Gasteiger partial charge in [-0.3, -0.25) is 4.98 Å². The standard InChI is InChI=1S/C25H23N3O/c1-17-15-23(13-14-26-17)20-9-11-24(12-10-20)28-25(29)27-18(2)21-8-7-19-5-3-4-6-22(19)16-21/h3-16,18H,1-2H3,(H2,27,28,29)/t18-/m0/s1. The van der Waals surface area contributed by atoms with Crippen LogP contribution in [0.1, 0.15) is 24.2 Å². The minimum absolute atomic E-state index is 0.0985. The first kappa shape index (κ1) is 18.7. The molecule has 1 atom stereocenters. The maximum absolute atomic E-state index is 12.4. The van der Waals surface area contributed by atoms with Crippen LogP contribution in [0.4, 0.5) is 10.5 Å². The molecule has 4 aromatic rings. The van der Waals surface area contributed by atoms with Gasteiger partial charge in [0.2, 0.25) is 0 Å². The van der Waals surface area contributed by atoms with Crippen molar-refractivity contribution in [3.05, 3.63) is 96.3 Å². The summed E-state index contributed by atoms with van der Waals surface area (Å²) >= 11 is 0. The number of amides is 2. The van der Waals surface area contributed by atoms with E-state index >= 15 is 0 Å². The lowest BCUT2D eigenvalue weighted by Gasteiger charge is -2.16. The third kappa shape index (κ3) is 4.43. The number of carbonyl (C=O) groups is 1. The van der Waals surface area contributed by atoms with Crippen LogP contribution in [-0.2, 0) is 0 Å². The van der Waals surface area contributed by atoms with Crippen molar-refractivity contribution in [1.29, 1.82) is 0 Å². The molecule has 0 unspecified atom stereocenters. The molecule has 3 aromatic carbocycles. The maximum atomic E-state index is 12.4. The average molecular weight is 381 g/mol. The van der Waals surface area contributed by atoms with Gasteiger partial charge in [-0.25, -0.2) is 4.79 Å². The van der Waals surface area contributed by atoms with Crippen LogP contribution in [0.25, 0.3) is 21.9 Å². The molecule has 1 aromatic heterocycles. The van der Waals surface area contributed by atoms with E-state index in [-0.39, 0.29) is 12.1 Å². The van der Waals surface area contributed by atoms with Gasteiger partial charge in [-0.15, -0.1) is 0 Å². The van der Waals surface area contributed by atoms with Crippen LogP contribution in [0.15, 0.2) is 85.1 Å². The predicted molar refractivity (Wildman–Crippen MR) is 119 cm³/mol. The summed E-state index contributed by atoms with van der Waals surface area (Å²) in [6, 6.07) is 26.0. The van der Waals surface area contributed by atoms with E-state index in [2.05, 4.69) is 45.9 Å². The molecule has 4 heteroatoms. The first-order chi connectivity index (χ1) is 14.1. The van der Waals surface area contributed by atoms with Gasteiger partial charge in [0.25, 0.3) is 0 Å². The lowest BCUT2D eigenvalue weighted by Crippen LogP contribution is -2.31. The number of fused-ring (bicyclic) bond motifs is 1. The van der Waals surface area contributed by atoms with Crippen LogP contribution >= 0.6 is 0 Å². The number of benzene rings is 3. The maximum Gasteiger partial charge on any atom is 0.319 e. The number of hydrogen-bond acceptors (Lipinski definition) is 2. The van der Waals surface area contributed by atoms with Crippen LogP contribution in [0.2, 0.25) is 0 Å². The molecule has 0 fully saturated rings. The normalized spacial score (nSPS) is 11.8. The van der Waals surface area contributed by atoms with Gasteiger partial charge >= 0.3 is 6.03 Å². The Bertz CT molecular complexity index is 1150. The van der Waals surface area contributed by atoms with Gasteiger partial charge < -0.3 is 10.6 Å². The van der Waals surface area contributed by atoms with Gasteiger partial charge in [0.05, 0.1) is 6.04 Å². The fraction of sp³-hybridized carbons (Fsp3) is 0.120. The second-order valence-corrected chi connectivity index (χ2v) is 7.19. The Hall–Kier alpha value is -3.66. The summed E-state index contributed by atoms with van der Waals surface area (Å²) in [5.41, 5.74) is 5.00. The molecule has 29 heavy (non-hydrogen) atoms. The number of pyridine rings is 1. The number of urea groups is 1. The smallest absolute Gasteiger partial charge is 0.319 e. The summed E-state index contributed by atoms with van der Waals surface area (Å²) < 4.78 is 0. The molecule has 0 saturated heterocycles. The Labute approximate surface area is 170 Å². The molecule has 0 spiro atoms. The van der Waals surface area contributed by atoms with Gasteiger partial charge in [-0.2, -0.15) is 0 Å². The Morgan fingerprint density at radius 2 is 1.62 bits per heavy atom. The SMILES string of the molecule is Cc1cc(-c2ccc(NC(=O)N[C@@H](C)c3ccc4ccccc4c3)cc2)ccn1. The molecule has 2 amide bonds. The second kappa shape index (κ2) is 8.15. The number of anilines is 1. The van der Waals surface area contributed by atoms with Crippen molar-refractivity contribution in [1.82, 2.24) is 10.3 Å². The van der Waals surface area contributed by atoms with Gasteiger partial charge in [0.15, 0.2) is 0 Å². The van der Waals surface area contributed by atoms with Crippen molar-refractivity contribution >= 4 is 22.5 Å². The first-order valence-electron chi connectivity index (χ1n) is 9.68. The highest BCUT2D eigenvalue weighted by Crippen LogP contribution is 2.22. The molecule has 4 nitrogen and oxygen atoms in total. The first-order valence-corrected chi connectivity index (χ1v) is 9.68. The topological polar surface area (TPSA) is 54.0 Å². The summed E-state index contributed by atoms with van der Waals surface area (Å²) in [6.07, 6.45) is 1.80. The Morgan fingerprint density at radius 1 is 0.862 bits per heavy atom. The van der Waals surface area contributed by atoms with E-state index in [0.717, 1.165) is 28.1 Å². The van der Waals surface area contributed by atoms with Gasteiger partial charge in [-0.1, -0.05) is 48.5 Å². The molecule has 4 rings (SSSR count). The molecular formula is C25H23N3O. The monoisotopic (exact) mass is 381 g/mol. The van der Waals surface area contributed by atoms with Crippen molar-refractivity contribution in [3.8, 4) is 11.1 Å². The fourth-order valence-electron chi connectivity index (χ4n) is 3.40. The van der Waals surface area contributed by atoms with E-state index in [9.17, 15) is 4.79 Å². The number of aromatic nitrogens is 1. The largest absolute Gasteiger partial charge is 0.331 e. The minimum Gasteiger partial charge on any atom is -0.331 e. The quantitative estimate of drug-likeness (QED) is 0.449. The molecule has 0 bridgehead atoms. The third-order valence-electron chi connectivity index (χ3n) is 4.99. The molecule has 0 radical (unpaired) electrons. The summed E-state index contributed by atoms with van der Waals surface area (Å²) in [4.78, 5) is 16.7. The average Bonchev–Trinajstić information content (AvgIpc) is 2.74. The Balaban J connectivity index is 1.41. The molecule has 144 valence electrons. The minimum atomic E-state index is -0.224. The van der Waals surface area contributed by atoms with E-state index in [0.29, 0.717) is 0 Å². The van der Waals surface area contributed by atoms with Crippen LogP contribution in [0, 0.1) is 6.92 Å². The van der Waals surface area contributed by atoms with Crippen LogP contribution in [-0.4, -0.2) is 11.0 Å². The lowest BCUT2D eigenvalue weighted by molar-refractivity contribution is 0.249. The number of carbonyl (C=O) groups excluding carboxylic acids is 1. The highest BCUT2D eigenvalue weighted by atomic mass is 16.2. The summed E-state index contributed by atoms with van der Waals surface area (Å²) in [5.74, 6) is 0. The Kier molecular flexibility index (Phi) is 5.25. The van der Waals surface area contributed by atoms with Gasteiger partial charge in [-0.05, 0) is 71.6 Å². The van der Waals surface area contributed by atoms with Crippen molar-refractivity contribution in [2.45, 2.75) is 19.9 Å². The van der Waals surface area contributed by atoms with Crippen LogP contribution in [0.5, 0.6) is 0 Å². The fourth-order valence-corrected chi connectivity index (χ4v) is 3.40. The van der Waals surface area contributed by atoms with E-state index in [1.807, 2.05) is 62.4 Å². The van der Waals surface area contributed by atoms with Gasteiger partial charge in [0, 0.05) is 17.6 Å². The molecule has 1 heterocycles. The van der Waals surface area contributed by atoms with Crippen molar-refractivity contribution < 1.29 is 4.79 Å². The summed E-state index contributed by atoms with van der Waals surface area (Å²) in [5, 5.41) is 8.27. The predicted octanol–water partition coefficient (Wildman–Crippen LogP) is 6.09. The van der Waals surface area contributed by atoms with E-state index < -0.39 is 0 Å². The Morgan fingerprint density at radius 3 is 2.38 bits per heavy atom. The number of nitrogens with one attached hydrogen (secondary N) is 2. The molecule has 2 N–H and O–H groups in total. The van der Waals surface area contributed by atoms with E-state index in [1.165, 1.54) is 10.8 Å². The number of aryl methyl sites for hydroxylation is 1. The van der Waals surface area contributed by atoms with Gasteiger partial charge in [0.1, 0.15) is 0 Å². The van der Waals surface area contributed by atoms with E-state index in [1.54, 1.807) is 6.20 Å². The molecule has 0 aliphatic carbocycles. The highest BCUT2D eigenvalue weighted by molar-refractivity contribution is 5.90. The number of nitrogens with zero attached hydrogens (tertiary/aromatic N) is 1. The van der Waals surface area contributed by atoms with Crippen molar-refractivity contribution in [3.63, 3.8) is 0 Å². The summed E-state index contributed by atoms with van der Waals surface area (Å²) in [7, 11) is 0. The van der Waals surface area contributed by atoms with Crippen LogP contribution < -0.4 is 10.6 Å². The van der Waals surface area contributed by atoms with Crippen molar-refractivity contribution in [2.75, 3.05) is 5.32 Å². The van der Waals surface area contributed by atoms with Crippen LogP contribution in [0.3, 0.4) is 0 Å². The molecular weight excluding hydrogens is 358 g/mol. The zero-order valence-corrected chi connectivity index (χ0v) is 16.5. The number of rotatable bonds is 4. The highest BCUT2D eigenvalue weighted by Gasteiger charge is 2.10. The zero-order valence-electron chi connectivity index (χ0n) is 16.5. The van der Waals surface area contributed by atoms with Crippen molar-refractivity contribution in [2.24, 2.45) is 0 Å².